The van der Waals surface area contributed by atoms with Gasteiger partial charge in [-0.3, -0.25) is 0 Å². The van der Waals surface area contributed by atoms with E-state index in [-0.39, 0.29) is 0 Å². The highest BCUT2D eigenvalue weighted by molar-refractivity contribution is 7.86. The molecule has 0 saturated heterocycles. The van der Waals surface area contributed by atoms with Crippen molar-refractivity contribution in [3.8, 4) is 0 Å². The number of para-hydroxylation sites is 1. The lowest BCUT2D eigenvalue weighted by Gasteiger charge is -2.08. The second-order valence-electron chi connectivity index (χ2n) is 3.06. The van der Waals surface area contributed by atoms with Crippen LogP contribution in [0.3, 0.4) is 0 Å². The van der Waals surface area contributed by atoms with E-state index in [9.17, 15) is 13.2 Å². The molecule has 0 N–H and O–H groups in total. The summed E-state index contributed by atoms with van der Waals surface area (Å²) in [5, 5.41) is 0. The first-order chi connectivity index (χ1) is 8.13. The maximum atomic E-state index is 10.7. The summed E-state index contributed by atoms with van der Waals surface area (Å²) in [6, 6.07) is 8.11. The molecule has 0 spiro atoms. The van der Waals surface area contributed by atoms with E-state index in [2.05, 4.69) is 14.4 Å². The topological polar surface area (TPSA) is 74.0 Å². The first-order valence-corrected chi connectivity index (χ1v) is 6.50. The van der Waals surface area contributed by atoms with E-state index in [4.69, 9.17) is 13.0 Å². The van der Waals surface area contributed by atoms with Gasteiger partial charge in [0.05, 0.1) is 7.05 Å². The molecule has 0 saturated carbocycles. The molecule has 0 radical (unpaired) electrons. The van der Waals surface area contributed by atoms with E-state index in [0.717, 1.165) is 5.52 Å². The lowest BCUT2D eigenvalue weighted by atomic mass is 10.3. The van der Waals surface area contributed by atoms with Crippen molar-refractivity contribution in [2.45, 2.75) is 5.51 Å². The number of hydrogen-bond acceptors (Lipinski definition) is 5. The van der Waals surface area contributed by atoms with Gasteiger partial charge in [0.2, 0.25) is 5.52 Å². The Hall–Kier alpha value is -1.26. The summed E-state index contributed by atoms with van der Waals surface area (Å²) < 4.78 is 65.2. The molecule has 0 unspecified atom stereocenters. The van der Waals surface area contributed by atoms with Gasteiger partial charge in [-0.25, -0.2) is 8.42 Å². The minimum Gasteiger partial charge on any atom is -0.741 e. The average Bonchev–Trinajstić information content (AvgIpc) is 2.59. The normalized spacial score (nSPS) is 12.1. The van der Waals surface area contributed by atoms with Gasteiger partial charge in [-0.1, -0.05) is 12.1 Å². The first kappa shape index (κ1) is 14.8. The lowest BCUT2D eigenvalue weighted by Crippen LogP contribution is -2.21. The average molecular weight is 300 g/mol. The maximum absolute atomic E-state index is 10.7. The van der Waals surface area contributed by atoms with Crippen LogP contribution in [0.2, 0.25) is 0 Å². The van der Waals surface area contributed by atoms with E-state index in [1.54, 1.807) is 0 Å². The Balaban J connectivity index is 0.000000187. The molecule has 0 amide bonds. The molecule has 2 aromatic rings. The molecule has 0 aliphatic rings. The van der Waals surface area contributed by atoms with Gasteiger partial charge in [0.15, 0.2) is 15.6 Å². The summed E-state index contributed by atoms with van der Waals surface area (Å²) in [7, 11) is -4.08. The molecule has 18 heavy (non-hydrogen) atoms. The third-order valence-corrected chi connectivity index (χ3v) is 3.05. The van der Waals surface area contributed by atoms with Gasteiger partial charge >= 0.3 is 5.51 Å². The zero-order valence-electron chi connectivity index (χ0n) is 8.88. The molecule has 0 aliphatic heterocycles. The van der Waals surface area contributed by atoms with E-state index in [0.29, 0.717) is 0 Å². The largest absolute Gasteiger partial charge is 0.741 e. The van der Waals surface area contributed by atoms with Gasteiger partial charge in [-0.05, 0) is 12.1 Å². The highest BCUT2D eigenvalue weighted by Crippen LogP contribution is 2.20. The summed E-state index contributed by atoms with van der Waals surface area (Å²) in [6.45, 7) is 0. The highest BCUT2D eigenvalue weighted by atomic mass is 32.2. The SMILES string of the molecule is C[n+]1snc2ccccc21.O=S(=O)([O-])C(F)(F)F. The number of aromatic nitrogens is 2. The Morgan fingerprint density at radius 2 is 1.83 bits per heavy atom. The summed E-state index contributed by atoms with van der Waals surface area (Å²) >= 11 is 1.48. The molecule has 1 aromatic heterocycles. The molecule has 100 valence electrons. The van der Waals surface area contributed by atoms with Crippen LogP contribution in [0.4, 0.5) is 13.2 Å². The third-order valence-electron chi connectivity index (χ3n) is 1.77. The summed E-state index contributed by atoms with van der Waals surface area (Å²) in [5.74, 6) is 0. The molecular weight excluding hydrogens is 293 g/mol. The van der Waals surface area contributed by atoms with Crippen molar-refractivity contribution in [2.75, 3.05) is 0 Å². The van der Waals surface area contributed by atoms with Gasteiger partial charge in [-0.15, -0.1) is 0 Å². The minimum absolute atomic E-state index is 1.08. The number of nitrogens with zero attached hydrogens (tertiary/aromatic N) is 2. The van der Waals surface area contributed by atoms with Crippen LogP contribution in [0, 0.1) is 0 Å². The van der Waals surface area contributed by atoms with Crippen molar-refractivity contribution in [1.29, 1.82) is 0 Å². The van der Waals surface area contributed by atoms with Crippen LogP contribution in [0.5, 0.6) is 0 Å². The van der Waals surface area contributed by atoms with Crippen molar-refractivity contribution in [3.05, 3.63) is 24.3 Å². The van der Waals surface area contributed by atoms with E-state index in [1.807, 2.05) is 25.2 Å². The van der Waals surface area contributed by atoms with E-state index in [1.165, 1.54) is 17.2 Å². The molecule has 1 aromatic carbocycles. The maximum Gasteiger partial charge on any atom is 0.485 e. The standard InChI is InChI=1S/C7H7N2S.CHF3O3S/c1-9-7-5-3-2-4-6(7)8-10-9;2-1(3,4)8(5,6)7/h2-5H,1H3;(H,5,6,7)/q+1;/p-1. The molecular formula is C8H7F3N2O3S2. The Bertz CT molecular complexity index is 636. The zero-order valence-corrected chi connectivity index (χ0v) is 10.5. The number of aryl methyl sites for hydroxylation is 1. The molecule has 10 heteroatoms. The Kier molecular flexibility index (Phi) is 4.24. The smallest absolute Gasteiger partial charge is 0.485 e. The fraction of sp³-hybridized carbons (Fsp3) is 0.250. The predicted octanol–water partition coefficient (Wildman–Crippen LogP) is 1.17. The van der Waals surface area contributed by atoms with Crippen LogP contribution in [0.15, 0.2) is 24.3 Å². The molecule has 5 nitrogen and oxygen atoms in total. The predicted molar refractivity (Wildman–Crippen MR) is 56.5 cm³/mol. The van der Waals surface area contributed by atoms with Crippen molar-refractivity contribution in [1.82, 2.24) is 4.37 Å². The van der Waals surface area contributed by atoms with Crippen LogP contribution in [0.1, 0.15) is 0 Å². The van der Waals surface area contributed by atoms with Gasteiger partial charge in [0.1, 0.15) is 0 Å². The number of hydrogen-bond donors (Lipinski definition) is 0. The lowest BCUT2D eigenvalue weighted by molar-refractivity contribution is -0.573. The third kappa shape index (κ3) is 3.62. The van der Waals surface area contributed by atoms with Gasteiger partial charge < -0.3 is 4.55 Å². The highest BCUT2D eigenvalue weighted by Gasteiger charge is 2.36. The molecule has 2 rings (SSSR count). The van der Waals surface area contributed by atoms with Gasteiger partial charge in [0, 0.05) is 4.37 Å². The molecule has 0 bridgehead atoms. The van der Waals surface area contributed by atoms with Crippen LogP contribution in [0.25, 0.3) is 11.0 Å². The first-order valence-electron chi connectivity index (χ1n) is 4.36. The van der Waals surface area contributed by atoms with Crippen molar-refractivity contribution >= 4 is 32.9 Å². The number of halogens is 3. The van der Waals surface area contributed by atoms with Crippen molar-refractivity contribution in [3.63, 3.8) is 0 Å². The van der Waals surface area contributed by atoms with E-state index >= 15 is 0 Å². The molecule has 0 fully saturated rings. The zero-order chi connectivity index (χ0) is 14.0. The van der Waals surface area contributed by atoms with E-state index < -0.39 is 15.6 Å². The van der Waals surface area contributed by atoms with Gasteiger partial charge in [0.25, 0.3) is 11.7 Å². The second-order valence-corrected chi connectivity index (χ2v) is 5.32. The Morgan fingerprint density at radius 3 is 2.28 bits per heavy atom. The van der Waals surface area contributed by atoms with Crippen LogP contribution >= 0.6 is 11.7 Å². The summed E-state index contributed by atoms with van der Waals surface area (Å²) in [4.78, 5) is 0. The van der Waals surface area contributed by atoms with Crippen molar-refractivity contribution in [2.24, 2.45) is 7.05 Å². The minimum atomic E-state index is -6.09. The van der Waals surface area contributed by atoms with Gasteiger partial charge in [-0.2, -0.15) is 17.1 Å². The number of benzene rings is 1. The summed E-state index contributed by atoms with van der Waals surface area (Å²) in [5.41, 5.74) is -3.37. The number of rotatable bonds is 0. The molecule has 0 atom stereocenters. The second kappa shape index (κ2) is 5.16. The number of fused-ring (bicyclic) bond motifs is 1. The fourth-order valence-corrected chi connectivity index (χ4v) is 1.56. The monoisotopic (exact) mass is 300 g/mol. The fourth-order valence-electron chi connectivity index (χ4n) is 0.957. The Morgan fingerprint density at radius 1 is 1.33 bits per heavy atom. The van der Waals surface area contributed by atoms with Crippen LogP contribution in [-0.2, 0) is 17.2 Å². The quantitative estimate of drug-likeness (QED) is 0.416. The molecule has 1 heterocycles. The number of alkyl halides is 3. The van der Waals surface area contributed by atoms with Crippen LogP contribution in [-0.4, -0.2) is 22.9 Å². The van der Waals surface area contributed by atoms with Crippen molar-refractivity contribution < 1.29 is 30.1 Å². The van der Waals surface area contributed by atoms with Crippen LogP contribution < -0.4 is 3.96 Å². The Labute approximate surface area is 105 Å². The summed E-state index contributed by atoms with van der Waals surface area (Å²) in [6.07, 6.45) is 0. The molecule has 0 aliphatic carbocycles.